The first kappa shape index (κ1) is 17.5. The van der Waals surface area contributed by atoms with Crippen LogP contribution in [0, 0.1) is 11.7 Å². The number of nitrogens with zero attached hydrogens (tertiary/aromatic N) is 5. The summed E-state index contributed by atoms with van der Waals surface area (Å²) in [5, 5.41) is 4.21. The fourth-order valence-electron chi connectivity index (χ4n) is 3.37. The van der Waals surface area contributed by atoms with Crippen LogP contribution in [-0.2, 0) is 7.05 Å². The van der Waals surface area contributed by atoms with E-state index in [2.05, 4.69) is 15.0 Å². The van der Waals surface area contributed by atoms with Gasteiger partial charge in [-0.2, -0.15) is 5.10 Å². The number of halogens is 1. The number of rotatable bonds is 5. The van der Waals surface area contributed by atoms with Crippen LogP contribution >= 0.6 is 0 Å². The molecule has 1 aliphatic rings. The minimum absolute atomic E-state index is 0.279. The van der Waals surface area contributed by atoms with Gasteiger partial charge in [-0.25, -0.2) is 14.4 Å². The number of benzene rings is 1. The van der Waals surface area contributed by atoms with E-state index >= 15 is 0 Å². The van der Waals surface area contributed by atoms with Gasteiger partial charge in [-0.05, 0) is 31.0 Å². The molecule has 1 saturated heterocycles. The summed E-state index contributed by atoms with van der Waals surface area (Å²) in [6, 6.07) is 8.18. The highest BCUT2D eigenvalue weighted by molar-refractivity contribution is 5.58. The Labute approximate surface area is 157 Å². The molecular weight excluding hydrogens is 345 g/mol. The zero-order valence-corrected chi connectivity index (χ0v) is 15.3. The molecule has 7 heteroatoms. The van der Waals surface area contributed by atoms with E-state index in [1.54, 1.807) is 29.2 Å². The van der Waals surface area contributed by atoms with Gasteiger partial charge in [0.2, 0.25) is 5.95 Å². The molecule has 1 aliphatic heterocycles. The van der Waals surface area contributed by atoms with E-state index in [-0.39, 0.29) is 5.82 Å². The van der Waals surface area contributed by atoms with E-state index in [1.165, 1.54) is 12.1 Å². The normalized spacial score (nSPS) is 17.1. The Bertz CT molecular complexity index is 913. The van der Waals surface area contributed by atoms with Crippen LogP contribution in [0.3, 0.4) is 0 Å². The third-order valence-electron chi connectivity index (χ3n) is 4.73. The molecule has 0 N–H and O–H groups in total. The van der Waals surface area contributed by atoms with Crippen molar-refractivity contribution >= 4 is 5.95 Å². The van der Waals surface area contributed by atoms with Crippen LogP contribution in [0.2, 0.25) is 0 Å². The molecule has 140 valence electrons. The van der Waals surface area contributed by atoms with Gasteiger partial charge >= 0.3 is 0 Å². The number of piperidine rings is 1. The van der Waals surface area contributed by atoms with E-state index in [9.17, 15) is 4.39 Å². The lowest BCUT2D eigenvalue weighted by atomic mass is 9.99. The summed E-state index contributed by atoms with van der Waals surface area (Å²) in [7, 11) is 1.89. The Balaban J connectivity index is 1.42. The molecule has 1 aromatic carbocycles. The van der Waals surface area contributed by atoms with Crippen LogP contribution in [0.4, 0.5) is 10.3 Å². The predicted octanol–water partition coefficient (Wildman–Crippen LogP) is 3.31. The predicted molar refractivity (Wildman–Crippen MR) is 101 cm³/mol. The Kier molecular flexibility index (Phi) is 5.00. The van der Waals surface area contributed by atoms with E-state index in [0.717, 1.165) is 43.1 Å². The van der Waals surface area contributed by atoms with Gasteiger partial charge in [-0.15, -0.1) is 0 Å². The van der Waals surface area contributed by atoms with Crippen molar-refractivity contribution in [2.45, 2.75) is 12.8 Å². The molecule has 1 fully saturated rings. The third-order valence-corrected chi connectivity index (χ3v) is 4.73. The van der Waals surface area contributed by atoms with Crippen LogP contribution in [0.1, 0.15) is 12.8 Å². The van der Waals surface area contributed by atoms with Gasteiger partial charge in [0.25, 0.3) is 0 Å². The zero-order chi connectivity index (χ0) is 18.6. The lowest BCUT2D eigenvalue weighted by Gasteiger charge is -2.32. The zero-order valence-electron chi connectivity index (χ0n) is 15.3. The highest BCUT2D eigenvalue weighted by Gasteiger charge is 2.23. The number of anilines is 1. The molecule has 4 rings (SSSR count). The number of aromatic nitrogens is 4. The summed E-state index contributed by atoms with van der Waals surface area (Å²) >= 11 is 0. The molecule has 1 atom stereocenters. The van der Waals surface area contributed by atoms with Gasteiger partial charge in [0.05, 0.1) is 18.5 Å². The van der Waals surface area contributed by atoms with Crippen LogP contribution in [0.5, 0.6) is 5.75 Å². The summed E-state index contributed by atoms with van der Waals surface area (Å²) in [6.45, 7) is 2.31. The molecule has 6 nitrogen and oxygen atoms in total. The van der Waals surface area contributed by atoms with Crippen LogP contribution in [0.25, 0.3) is 11.3 Å². The Morgan fingerprint density at radius 3 is 3.04 bits per heavy atom. The van der Waals surface area contributed by atoms with Crippen LogP contribution < -0.4 is 9.64 Å². The molecule has 2 aromatic heterocycles. The second-order valence-corrected chi connectivity index (χ2v) is 6.87. The molecule has 0 bridgehead atoms. The lowest BCUT2D eigenvalue weighted by molar-refractivity contribution is 0.227. The Morgan fingerprint density at radius 1 is 1.30 bits per heavy atom. The molecule has 0 aliphatic carbocycles. The van der Waals surface area contributed by atoms with Crippen molar-refractivity contribution in [1.82, 2.24) is 19.7 Å². The maximum Gasteiger partial charge on any atom is 0.225 e. The largest absolute Gasteiger partial charge is 0.493 e. The molecule has 3 aromatic rings. The molecule has 27 heavy (non-hydrogen) atoms. The molecule has 3 heterocycles. The molecule has 0 spiro atoms. The van der Waals surface area contributed by atoms with Gasteiger partial charge in [-0.1, -0.05) is 6.07 Å². The van der Waals surface area contributed by atoms with Gasteiger partial charge < -0.3 is 9.64 Å². The molecule has 0 radical (unpaired) electrons. The average molecular weight is 367 g/mol. The van der Waals surface area contributed by atoms with Crippen molar-refractivity contribution in [2.75, 3.05) is 24.6 Å². The molecule has 0 amide bonds. The van der Waals surface area contributed by atoms with Gasteiger partial charge in [0, 0.05) is 50.1 Å². The quantitative estimate of drug-likeness (QED) is 0.692. The number of ether oxygens (including phenoxy) is 1. The highest BCUT2D eigenvalue weighted by atomic mass is 19.1. The van der Waals surface area contributed by atoms with Crippen molar-refractivity contribution in [3.8, 4) is 17.0 Å². The number of hydrogen-bond donors (Lipinski definition) is 0. The molecule has 0 saturated carbocycles. The van der Waals surface area contributed by atoms with E-state index in [1.807, 2.05) is 19.3 Å². The smallest absolute Gasteiger partial charge is 0.225 e. The SMILES string of the molecule is Cn1cc(-c2ccnc(N3CCC[C@H](COc4cccc(F)c4)C3)n2)cn1. The molecular formula is C20H22FN5O. The fraction of sp³-hybridized carbons (Fsp3) is 0.350. The number of hydrogen-bond acceptors (Lipinski definition) is 5. The first-order valence-corrected chi connectivity index (χ1v) is 9.13. The first-order valence-electron chi connectivity index (χ1n) is 9.13. The van der Waals surface area contributed by atoms with Crippen molar-refractivity contribution in [3.05, 3.63) is 54.7 Å². The summed E-state index contributed by atoms with van der Waals surface area (Å²) in [5.41, 5.74) is 1.84. The van der Waals surface area contributed by atoms with Crippen LogP contribution in [-0.4, -0.2) is 39.4 Å². The summed E-state index contributed by atoms with van der Waals surface area (Å²) < 4.78 is 20.8. The summed E-state index contributed by atoms with van der Waals surface area (Å²) in [6.07, 6.45) is 7.67. The first-order chi connectivity index (χ1) is 13.2. The van der Waals surface area contributed by atoms with Gasteiger partial charge in [-0.3, -0.25) is 4.68 Å². The summed E-state index contributed by atoms with van der Waals surface area (Å²) in [5.74, 6) is 1.37. The Morgan fingerprint density at radius 2 is 2.22 bits per heavy atom. The van der Waals surface area contributed by atoms with E-state index in [0.29, 0.717) is 18.3 Å². The van der Waals surface area contributed by atoms with Crippen LogP contribution in [0.15, 0.2) is 48.9 Å². The third kappa shape index (κ3) is 4.24. The maximum atomic E-state index is 13.3. The van der Waals surface area contributed by atoms with Crippen molar-refractivity contribution in [2.24, 2.45) is 13.0 Å². The maximum absolute atomic E-state index is 13.3. The minimum atomic E-state index is -0.279. The van der Waals surface area contributed by atoms with Gasteiger partial charge in [0.1, 0.15) is 11.6 Å². The molecule has 0 unspecified atom stereocenters. The standard InChI is InChI=1S/C20H22FN5O/c1-25-13-16(11-23-25)19-7-8-22-20(24-19)26-9-3-4-15(12-26)14-27-18-6-2-5-17(21)10-18/h2,5-8,10-11,13,15H,3-4,9,12,14H2,1H3/t15-/m0/s1. The van der Waals surface area contributed by atoms with Crippen molar-refractivity contribution in [3.63, 3.8) is 0 Å². The van der Waals surface area contributed by atoms with Gasteiger partial charge in [0.15, 0.2) is 0 Å². The lowest BCUT2D eigenvalue weighted by Crippen LogP contribution is -2.38. The topological polar surface area (TPSA) is 56.1 Å². The fourth-order valence-corrected chi connectivity index (χ4v) is 3.37. The highest BCUT2D eigenvalue weighted by Crippen LogP contribution is 2.24. The average Bonchev–Trinajstić information content (AvgIpc) is 3.13. The minimum Gasteiger partial charge on any atom is -0.493 e. The van der Waals surface area contributed by atoms with Crippen molar-refractivity contribution < 1.29 is 9.13 Å². The van der Waals surface area contributed by atoms with Crippen molar-refractivity contribution in [1.29, 1.82) is 0 Å². The second kappa shape index (κ2) is 7.73. The second-order valence-electron chi connectivity index (χ2n) is 6.87. The summed E-state index contributed by atoms with van der Waals surface area (Å²) in [4.78, 5) is 11.4. The van der Waals surface area contributed by atoms with E-state index in [4.69, 9.17) is 9.72 Å². The number of aryl methyl sites for hydroxylation is 1. The van der Waals surface area contributed by atoms with E-state index < -0.39 is 0 Å². The monoisotopic (exact) mass is 367 g/mol. The Hall–Kier alpha value is -2.96.